The molecule has 1 N–H and O–H groups in total. The molecular weight excluding hydrogens is 288 g/mol. The molecule has 0 aliphatic carbocycles. The molecule has 0 bridgehead atoms. The Bertz CT molecular complexity index is 669. The predicted octanol–water partition coefficient (Wildman–Crippen LogP) is 3.66. The van der Waals surface area contributed by atoms with Gasteiger partial charge in [-0.2, -0.15) is 13.2 Å². The lowest BCUT2D eigenvalue weighted by molar-refractivity contribution is -0.137. The van der Waals surface area contributed by atoms with Gasteiger partial charge < -0.3 is 5.11 Å². The number of aryl methyl sites for hydroxylation is 1. The molecule has 0 spiro atoms. The van der Waals surface area contributed by atoms with Gasteiger partial charge in [0.2, 0.25) is 0 Å². The Morgan fingerprint density at radius 3 is 2.43 bits per heavy atom. The summed E-state index contributed by atoms with van der Waals surface area (Å²) >= 11 is 0. The Morgan fingerprint density at radius 2 is 1.90 bits per heavy atom. The molecule has 1 aromatic heterocycles. The van der Waals surface area contributed by atoms with Gasteiger partial charge in [0.05, 0.1) is 11.7 Å². The van der Waals surface area contributed by atoms with Gasteiger partial charge in [0.25, 0.3) is 0 Å². The predicted molar refractivity (Wildman–Crippen MR) is 67.8 cm³/mol. The summed E-state index contributed by atoms with van der Waals surface area (Å²) in [7, 11) is 0. The highest BCUT2D eigenvalue weighted by Gasteiger charge is 2.35. The summed E-state index contributed by atoms with van der Waals surface area (Å²) in [6.07, 6.45) is -4.27. The van der Waals surface area contributed by atoms with E-state index in [-0.39, 0.29) is 11.4 Å². The second kappa shape index (κ2) is 5.40. The molecule has 1 atom stereocenters. The minimum Gasteiger partial charge on any atom is -0.389 e. The van der Waals surface area contributed by atoms with Gasteiger partial charge in [-0.1, -0.05) is 0 Å². The lowest BCUT2D eigenvalue weighted by Crippen LogP contribution is -2.10. The molecule has 0 aliphatic heterocycles. The van der Waals surface area contributed by atoms with Gasteiger partial charge in [-0.3, -0.25) is 0 Å². The number of aromatic nitrogens is 2. The topological polar surface area (TPSA) is 46.0 Å². The number of alkyl halides is 3. The molecule has 21 heavy (non-hydrogen) atoms. The van der Waals surface area contributed by atoms with E-state index in [2.05, 4.69) is 9.97 Å². The van der Waals surface area contributed by atoms with Crippen molar-refractivity contribution < 1.29 is 22.7 Å². The van der Waals surface area contributed by atoms with E-state index >= 15 is 0 Å². The highest BCUT2D eigenvalue weighted by molar-refractivity contribution is 5.61. The third-order valence-electron chi connectivity index (χ3n) is 3.00. The van der Waals surface area contributed by atoms with Crippen LogP contribution in [-0.2, 0) is 6.18 Å². The summed E-state index contributed by atoms with van der Waals surface area (Å²) in [5, 5.41) is 9.48. The fraction of sp³-hybridized carbons (Fsp3) is 0.286. The zero-order valence-corrected chi connectivity index (χ0v) is 11.2. The van der Waals surface area contributed by atoms with Crippen LogP contribution < -0.4 is 0 Å². The number of aliphatic hydroxyl groups excluding tert-OH is 1. The van der Waals surface area contributed by atoms with Crippen LogP contribution in [0.25, 0.3) is 11.4 Å². The van der Waals surface area contributed by atoms with Gasteiger partial charge in [0.15, 0.2) is 5.82 Å². The van der Waals surface area contributed by atoms with Crippen molar-refractivity contribution in [2.24, 2.45) is 0 Å². The van der Waals surface area contributed by atoms with Crippen LogP contribution in [-0.4, -0.2) is 15.1 Å². The van der Waals surface area contributed by atoms with E-state index in [9.17, 15) is 22.7 Å². The summed E-state index contributed by atoms with van der Waals surface area (Å²) in [5.74, 6) is -1.15. The quantitative estimate of drug-likeness (QED) is 0.861. The molecule has 2 rings (SSSR count). The van der Waals surface area contributed by atoms with Gasteiger partial charge in [-0.25, -0.2) is 14.4 Å². The van der Waals surface area contributed by atoms with E-state index in [0.29, 0.717) is 17.3 Å². The van der Waals surface area contributed by atoms with E-state index in [1.54, 1.807) is 6.92 Å². The maximum absolute atomic E-state index is 13.1. The normalized spacial score (nSPS) is 13.3. The molecule has 0 saturated carbocycles. The van der Waals surface area contributed by atoms with Crippen molar-refractivity contribution in [3.8, 4) is 11.4 Å². The van der Waals surface area contributed by atoms with Crippen LogP contribution in [0.2, 0.25) is 0 Å². The number of hydrogen-bond acceptors (Lipinski definition) is 3. The second-order valence-electron chi connectivity index (χ2n) is 4.60. The molecule has 0 unspecified atom stereocenters. The number of halogens is 4. The minimum atomic E-state index is -4.71. The van der Waals surface area contributed by atoms with E-state index in [1.165, 1.54) is 13.1 Å². The first-order chi connectivity index (χ1) is 9.70. The monoisotopic (exact) mass is 300 g/mol. The van der Waals surface area contributed by atoms with Crippen LogP contribution in [0.15, 0.2) is 24.4 Å². The van der Waals surface area contributed by atoms with Crippen molar-refractivity contribution in [1.29, 1.82) is 0 Å². The lowest BCUT2D eigenvalue weighted by Gasteiger charge is -2.14. The Hall–Kier alpha value is -2.02. The molecule has 1 heterocycles. The number of nitrogens with zero attached hydrogens (tertiary/aromatic N) is 2. The largest absolute Gasteiger partial charge is 0.417 e. The lowest BCUT2D eigenvalue weighted by atomic mass is 10.1. The Morgan fingerprint density at radius 1 is 1.24 bits per heavy atom. The van der Waals surface area contributed by atoms with Crippen LogP contribution in [0.4, 0.5) is 17.6 Å². The Balaban J connectivity index is 2.60. The van der Waals surface area contributed by atoms with Crippen LogP contribution in [0.1, 0.15) is 29.8 Å². The fourth-order valence-corrected chi connectivity index (χ4v) is 1.96. The molecule has 0 amide bonds. The number of benzene rings is 1. The van der Waals surface area contributed by atoms with Gasteiger partial charge in [-0.05, 0) is 32.0 Å². The van der Waals surface area contributed by atoms with Crippen molar-refractivity contribution >= 4 is 0 Å². The van der Waals surface area contributed by atoms with Crippen molar-refractivity contribution in [1.82, 2.24) is 9.97 Å². The van der Waals surface area contributed by atoms with E-state index < -0.39 is 23.7 Å². The maximum atomic E-state index is 13.1. The van der Waals surface area contributed by atoms with Crippen LogP contribution in [0.3, 0.4) is 0 Å². The second-order valence-corrected chi connectivity index (χ2v) is 4.60. The summed E-state index contributed by atoms with van der Waals surface area (Å²) < 4.78 is 51.9. The van der Waals surface area contributed by atoms with Crippen molar-refractivity contribution in [2.45, 2.75) is 26.1 Å². The van der Waals surface area contributed by atoms with Gasteiger partial charge in [0, 0.05) is 23.0 Å². The first-order valence-corrected chi connectivity index (χ1v) is 6.09. The fourth-order valence-electron chi connectivity index (χ4n) is 1.96. The summed E-state index contributed by atoms with van der Waals surface area (Å²) in [5.41, 5.74) is -0.641. The highest BCUT2D eigenvalue weighted by atomic mass is 19.4. The van der Waals surface area contributed by atoms with Gasteiger partial charge >= 0.3 is 6.18 Å². The molecule has 7 heteroatoms. The number of hydrogen-bond donors (Lipinski definition) is 1. The molecule has 112 valence electrons. The average molecular weight is 300 g/mol. The molecule has 2 aromatic rings. The average Bonchev–Trinajstić information content (AvgIpc) is 2.37. The first kappa shape index (κ1) is 15.4. The third-order valence-corrected chi connectivity index (χ3v) is 3.00. The molecule has 0 aliphatic rings. The van der Waals surface area contributed by atoms with Crippen molar-refractivity contribution in [3.05, 3.63) is 47.0 Å². The van der Waals surface area contributed by atoms with Gasteiger partial charge in [0.1, 0.15) is 5.82 Å². The Labute approximate surface area is 118 Å². The zero-order valence-electron chi connectivity index (χ0n) is 11.2. The van der Waals surface area contributed by atoms with E-state index in [4.69, 9.17) is 0 Å². The van der Waals surface area contributed by atoms with Crippen LogP contribution in [0.5, 0.6) is 0 Å². The molecule has 0 saturated heterocycles. The third kappa shape index (κ3) is 3.18. The summed E-state index contributed by atoms with van der Waals surface area (Å²) in [4.78, 5) is 7.82. The van der Waals surface area contributed by atoms with E-state index in [0.717, 1.165) is 12.1 Å². The molecular formula is C14H12F4N2O. The standard InChI is InChI=1S/C14H12F4N2O/c1-7-11(8(2)21)6-19-13(20-7)10-4-3-9(15)5-12(10)14(16,17)18/h3-6,8,21H,1-2H3/t8-/m0/s1. The molecule has 3 nitrogen and oxygen atoms in total. The smallest absolute Gasteiger partial charge is 0.389 e. The molecule has 1 aromatic carbocycles. The molecule has 0 fully saturated rings. The Kier molecular flexibility index (Phi) is 3.95. The van der Waals surface area contributed by atoms with Gasteiger partial charge in [-0.15, -0.1) is 0 Å². The first-order valence-electron chi connectivity index (χ1n) is 6.09. The minimum absolute atomic E-state index is 0.163. The van der Waals surface area contributed by atoms with Crippen LogP contribution in [0, 0.1) is 12.7 Å². The summed E-state index contributed by atoms with van der Waals surface area (Å²) in [6.45, 7) is 3.06. The zero-order chi connectivity index (χ0) is 15.8. The maximum Gasteiger partial charge on any atom is 0.417 e. The van der Waals surface area contributed by atoms with E-state index in [1.807, 2.05) is 0 Å². The number of rotatable bonds is 2. The number of aliphatic hydroxyl groups is 1. The highest BCUT2D eigenvalue weighted by Crippen LogP contribution is 2.36. The molecule has 0 radical (unpaired) electrons. The van der Waals surface area contributed by atoms with Crippen molar-refractivity contribution in [3.63, 3.8) is 0 Å². The SMILES string of the molecule is Cc1nc(-c2ccc(F)cc2C(F)(F)F)ncc1[C@H](C)O. The summed E-state index contributed by atoms with van der Waals surface area (Å²) in [6, 6.07) is 2.33. The van der Waals surface area contributed by atoms with Crippen LogP contribution >= 0.6 is 0 Å². The van der Waals surface area contributed by atoms with Crippen molar-refractivity contribution in [2.75, 3.05) is 0 Å².